The molecule has 0 saturated heterocycles. The molecule has 0 fully saturated rings. The van der Waals surface area contributed by atoms with Crippen LogP contribution in [-0.4, -0.2) is 38.1 Å². The number of amides is 2. The minimum absolute atomic E-state index is 0.0680. The topological polar surface area (TPSA) is 67.9 Å². The number of nitrogens with one attached hydrogen (secondary N) is 1. The summed E-state index contributed by atoms with van der Waals surface area (Å²) >= 11 is 0. The second kappa shape index (κ2) is 7.74. The molecule has 1 atom stereocenters. The van der Waals surface area contributed by atoms with Crippen LogP contribution >= 0.6 is 0 Å². The zero-order valence-corrected chi connectivity index (χ0v) is 14.5. The van der Waals surface area contributed by atoms with Crippen LogP contribution in [0.15, 0.2) is 61.2 Å². The summed E-state index contributed by atoms with van der Waals surface area (Å²) in [5.41, 5.74) is 1.08. The summed E-state index contributed by atoms with van der Waals surface area (Å²) in [6, 6.07) is 13.3. The Labute approximate surface area is 152 Å². The summed E-state index contributed by atoms with van der Waals surface area (Å²) < 4.78 is 11.1. The molecule has 1 unspecified atom stereocenters. The number of hydrogen-bond donors (Lipinski definition) is 1. The van der Waals surface area contributed by atoms with E-state index in [1.807, 2.05) is 12.1 Å². The van der Waals surface area contributed by atoms with Crippen molar-refractivity contribution in [1.29, 1.82) is 0 Å². The SMILES string of the molecule is C=CCOc1cccc(C(=O)NC2COc3ccccc3N(C)C2=O)c1. The van der Waals surface area contributed by atoms with E-state index >= 15 is 0 Å². The van der Waals surface area contributed by atoms with Crippen molar-refractivity contribution in [3.63, 3.8) is 0 Å². The first kappa shape index (κ1) is 17.5. The van der Waals surface area contributed by atoms with E-state index in [1.165, 1.54) is 4.90 Å². The Kier molecular flexibility index (Phi) is 5.22. The van der Waals surface area contributed by atoms with Gasteiger partial charge in [0.2, 0.25) is 0 Å². The van der Waals surface area contributed by atoms with Crippen LogP contribution in [0.25, 0.3) is 0 Å². The summed E-state index contributed by atoms with van der Waals surface area (Å²) in [5.74, 6) is 0.572. The molecule has 0 bridgehead atoms. The molecule has 0 aromatic heterocycles. The molecule has 1 aliphatic rings. The van der Waals surface area contributed by atoms with Crippen LogP contribution in [0, 0.1) is 0 Å². The molecule has 1 heterocycles. The van der Waals surface area contributed by atoms with E-state index in [1.54, 1.807) is 49.5 Å². The second-order valence-electron chi connectivity index (χ2n) is 5.83. The Morgan fingerprint density at radius 2 is 2.15 bits per heavy atom. The molecule has 0 aliphatic carbocycles. The van der Waals surface area contributed by atoms with Gasteiger partial charge in [-0.2, -0.15) is 0 Å². The van der Waals surface area contributed by atoms with Gasteiger partial charge in [-0.05, 0) is 30.3 Å². The number of hydrogen-bond acceptors (Lipinski definition) is 4. The second-order valence-corrected chi connectivity index (χ2v) is 5.83. The molecule has 2 amide bonds. The Morgan fingerprint density at radius 3 is 2.96 bits per heavy atom. The van der Waals surface area contributed by atoms with Gasteiger partial charge in [0.15, 0.2) is 0 Å². The molecule has 1 aliphatic heterocycles. The van der Waals surface area contributed by atoms with Crippen molar-refractivity contribution >= 4 is 17.5 Å². The van der Waals surface area contributed by atoms with Crippen LogP contribution in [0.2, 0.25) is 0 Å². The van der Waals surface area contributed by atoms with Crippen molar-refractivity contribution in [2.75, 3.05) is 25.2 Å². The maximum absolute atomic E-state index is 12.7. The highest BCUT2D eigenvalue weighted by Crippen LogP contribution is 2.29. The summed E-state index contributed by atoms with van der Waals surface area (Å²) in [6.45, 7) is 4.01. The fourth-order valence-electron chi connectivity index (χ4n) is 2.68. The fraction of sp³-hybridized carbons (Fsp3) is 0.200. The van der Waals surface area contributed by atoms with E-state index in [2.05, 4.69) is 11.9 Å². The first-order valence-electron chi connectivity index (χ1n) is 8.24. The minimum Gasteiger partial charge on any atom is -0.490 e. The minimum atomic E-state index is -0.780. The maximum atomic E-state index is 12.7. The number of para-hydroxylation sites is 2. The van der Waals surface area contributed by atoms with Crippen LogP contribution in [0.1, 0.15) is 10.4 Å². The quantitative estimate of drug-likeness (QED) is 0.839. The number of carbonyl (C=O) groups is 2. The molecule has 3 rings (SSSR count). The summed E-state index contributed by atoms with van der Waals surface area (Å²) in [7, 11) is 1.67. The first-order valence-corrected chi connectivity index (χ1v) is 8.24. The van der Waals surface area contributed by atoms with E-state index in [9.17, 15) is 9.59 Å². The Morgan fingerprint density at radius 1 is 1.35 bits per heavy atom. The molecule has 134 valence electrons. The molecule has 6 heteroatoms. The number of rotatable bonds is 5. The average molecular weight is 352 g/mol. The van der Waals surface area contributed by atoms with Gasteiger partial charge in [-0.25, -0.2) is 0 Å². The molecule has 0 radical (unpaired) electrons. The van der Waals surface area contributed by atoms with Gasteiger partial charge in [-0.1, -0.05) is 30.9 Å². The summed E-state index contributed by atoms with van der Waals surface area (Å²) in [4.78, 5) is 26.7. The van der Waals surface area contributed by atoms with Gasteiger partial charge in [0.1, 0.15) is 30.8 Å². The number of fused-ring (bicyclic) bond motifs is 1. The third kappa shape index (κ3) is 3.69. The Hall–Kier alpha value is -3.28. The number of carbonyl (C=O) groups excluding carboxylic acids is 2. The number of ether oxygens (including phenoxy) is 2. The van der Waals surface area contributed by atoms with Gasteiger partial charge in [-0.3, -0.25) is 9.59 Å². The van der Waals surface area contributed by atoms with Gasteiger partial charge in [0, 0.05) is 12.6 Å². The smallest absolute Gasteiger partial charge is 0.252 e. The van der Waals surface area contributed by atoms with Crippen molar-refractivity contribution in [3.05, 3.63) is 66.7 Å². The van der Waals surface area contributed by atoms with E-state index in [0.717, 1.165) is 0 Å². The molecule has 0 spiro atoms. The van der Waals surface area contributed by atoms with E-state index in [0.29, 0.717) is 29.4 Å². The molecule has 6 nitrogen and oxygen atoms in total. The normalized spacial score (nSPS) is 16.1. The lowest BCUT2D eigenvalue weighted by Crippen LogP contribution is -2.49. The number of nitrogens with zero attached hydrogens (tertiary/aromatic N) is 1. The fourth-order valence-corrected chi connectivity index (χ4v) is 2.68. The number of anilines is 1. The number of benzene rings is 2. The van der Waals surface area contributed by atoms with Gasteiger partial charge >= 0.3 is 0 Å². The van der Waals surface area contributed by atoms with Gasteiger partial charge in [0.25, 0.3) is 11.8 Å². The van der Waals surface area contributed by atoms with Crippen LogP contribution in [0.3, 0.4) is 0 Å². The van der Waals surface area contributed by atoms with Gasteiger partial charge in [-0.15, -0.1) is 0 Å². The molecule has 0 saturated carbocycles. The van der Waals surface area contributed by atoms with Gasteiger partial charge < -0.3 is 19.7 Å². The third-order valence-electron chi connectivity index (χ3n) is 4.03. The van der Waals surface area contributed by atoms with E-state index in [4.69, 9.17) is 9.47 Å². The van der Waals surface area contributed by atoms with E-state index < -0.39 is 6.04 Å². The monoisotopic (exact) mass is 352 g/mol. The first-order chi connectivity index (χ1) is 12.6. The lowest BCUT2D eigenvalue weighted by atomic mass is 10.1. The molecule has 1 N–H and O–H groups in total. The lowest BCUT2D eigenvalue weighted by Gasteiger charge is -2.20. The Bertz CT molecular complexity index is 834. The highest BCUT2D eigenvalue weighted by atomic mass is 16.5. The van der Waals surface area contributed by atoms with Crippen molar-refractivity contribution in [1.82, 2.24) is 5.32 Å². The molecule has 26 heavy (non-hydrogen) atoms. The third-order valence-corrected chi connectivity index (χ3v) is 4.03. The van der Waals surface area contributed by atoms with Crippen molar-refractivity contribution in [2.45, 2.75) is 6.04 Å². The van der Waals surface area contributed by atoms with Crippen LogP contribution in [0.5, 0.6) is 11.5 Å². The van der Waals surface area contributed by atoms with Crippen molar-refractivity contribution in [3.8, 4) is 11.5 Å². The number of likely N-dealkylation sites (N-methyl/N-ethyl adjacent to an activating group) is 1. The molecular formula is C20H20N2O4. The molecule has 2 aromatic carbocycles. The highest BCUT2D eigenvalue weighted by molar-refractivity contribution is 6.03. The highest BCUT2D eigenvalue weighted by Gasteiger charge is 2.30. The summed E-state index contributed by atoms with van der Waals surface area (Å²) in [5, 5.41) is 2.74. The van der Waals surface area contributed by atoms with Crippen molar-refractivity contribution < 1.29 is 19.1 Å². The van der Waals surface area contributed by atoms with Crippen LogP contribution < -0.4 is 19.7 Å². The van der Waals surface area contributed by atoms with Crippen LogP contribution in [-0.2, 0) is 4.79 Å². The molecular weight excluding hydrogens is 332 g/mol. The average Bonchev–Trinajstić information content (AvgIpc) is 2.79. The summed E-state index contributed by atoms with van der Waals surface area (Å²) in [6.07, 6.45) is 1.63. The zero-order chi connectivity index (χ0) is 18.5. The predicted octanol–water partition coefficient (Wildman–Crippen LogP) is 2.41. The largest absolute Gasteiger partial charge is 0.490 e. The van der Waals surface area contributed by atoms with Crippen LogP contribution in [0.4, 0.5) is 5.69 Å². The van der Waals surface area contributed by atoms with Crippen molar-refractivity contribution in [2.24, 2.45) is 0 Å². The van der Waals surface area contributed by atoms with E-state index in [-0.39, 0.29) is 18.4 Å². The predicted molar refractivity (Wildman–Crippen MR) is 98.7 cm³/mol. The Balaban J connectivity index is 1.74. The maximum Gasteiger partial charge on any atom is 0.252 e. The van der Waals surface area contributed by atoms with Gasteiger partial charge in [0.05, 0.1) is 5.69 Å². The standard InChI is InChI=1S/C20H20N2O4/c1-3-11-25-15-8-6-7-14(12-15)19(23)21-16-13-26-18-10-5-4-9-17(18)22(2)20(16)24/h3-10,12,16H,1,11,13H2,2H3,(H,21,23). The zero-order valence-electron chi connectivity index (χ0n) is 14.5. The molecule has 2 aromatic rings. The lowest BCUT2D eigenvalue weighted by molar-refractivity contribution is -0.120.